The SMILES string of the molecule is CC(C)(C)OCn1nnc2ccccc21. The molecule has 0 atom stereocenters. The summed E-state index contributed by atoms with van der Waals surface area (Å²) >= 11 is 0. The maximum Gasteiger partial charge on any atom is 0.142 e. The predicted octanol–water partition coefficient (Wildman–Crippen LogP) is 2.20. The molecule has 0 aliphatic rings. The Morgan fingerprint density at radius 2 is 2.00 bits per heavy atom. The fraction of sp³-hybridized carbons (Fsp3) is 0.455. The van der Waals surface area contributed by atoms with Crippen LogP contribution in [0, 0.1) is 0 Å². The molecule has 0 bridgehead atoms. The van der Waals surface area contributed by atoms with Crippen molar-refractivity contribution in [2.75, 3.05) is 0 Å². The van der Waals surface area contributed by atoms with Gasteiger partial charge in [-0.3, -0.25) is 0 Å². The first-order chi connectivity index (χ1) is 7.06. The molecule has 2 aromatic rings. The zero-order valence-corrected chi connectivity index (χ0v) is 9.27. The average Bonchev–Trinajstić information content (AvgIpc) is 2.57. The van der Waals surface area contributed by atoms with Gasteiger partial charge in [-0.05, 0) is 32.9 Å². The molecule has 0 aliphatic heterocycles. The molecule has 0 N–H and O–H groups in total. The Hall–Kier alpha value is -1.42. The van der Waals surface area contributed by atoms with Gasteiger partial charge in [0.2, 0.25) is 0 Å². The van der Waals surface area contributed by atoms with Gasteiger partial charge in [-0.25, -0.2) is 4.68 Å². The Morgan fingerprint density at radius 3 is 2.73 bits per heavy atom. The molecule has 0 radical (unpaired) electrons. The van der Waals surface area contributed by atoms with Crippen molar-refractivity contribution < 1.29 is 4.74 Å². The van der Waals surface area contributed by atoms with Gasteiger partial charge >= 0.3 is 0 Å². The van der Waals surface area contributed by atoms with Crippen LogP contribution >= 0.6 is 0 Å². The lowest BCUT2D eigenvalue weighted by molar-refractivity contribution is -0.0468. The van der Waals surface area contributed by atoms with Crippen LogP contribution in [0.5, 0.6) is 0 Å². The first-order valence-electron chi connectivity index (χ1n) is 4.98. The molecular formula is C11H15N3O. The molecule has 0 unspecified atom stereocenters. The number of benzene rings is 1. The number of rotatable bonds is 2. The molecule has 0 amide bonds. The van der Waals surface area contributed by atoms with Crippen LogP contribution in [0.4, 0.5) is 0 Å². The summed E-state index contributed by atoms with van der Waals surface area (Å²) in [7, 11) is 0. The topological polar surface area (TPSA) is 39.9 Å². The molecule has 0 spiro atoms. The molecule has 1 heterocycles. The van der Waals surface area contributed by atoms with Crippen LogP contribution in [0.1, 0.15) is 20.8 Å². The van der Waals surface area contributed by atoms with E-state index in [-0.39, 0.29) is 5.60 Å². The van der Waals surface area contributed by atoms with Crippen molar-refractivity contribution in [2.45, 2.75) is 33.1 Å². The standard InChI is InChI=1S/C11H15N3O/c1-11(2,3)15-8-14-10-7-5-4-6-9(10)12-13-14/h4-7H,8H2,1-3H3. The van der Waals surface area contributed by atoms with Crippen LogP contribution in [0.3, 0.4) is 0 Å². The van der Waals surface area contributed by atoms with Gasteiger partial charge in [0.1, 0.15) is 12.2 Å². The Balaban J connectivity index is 2.22. The van der Waals surface area contributed by atoms with E-state index in [1.54, 1.807) is 4.68 Å². The molecule has 0 fully saturated rings. The maximum absolute atomic E-state index is 5.64. The first-order valence-corrected chi connectivity index (χ1v) is 4.98. The van der Waals surface area contributed by atoms with E-state index < -0.39 is 0 Å². The summed E-state index contributed by atoms with van der Waals surface area (Å²) in [5.41, 5.74) is 1.74. The van der Waals surface area contributed by atoms with Crippen molar-refractivity contribution in [3.05, 3.63) is 24.3 Å². The van der Waals surface area contributed by atoms with Gasteiger partial charge < -0.3 is 4.74 Å². The van der Waals surface area contributed by atoms with Gasteiger partial charge in [-0.15, -0.1) is 5.10 Å². The second-order valence-electron chi connectivity index (χ2n) is 4.46. The quantitative estimate of drug-likeness (QED) is 0.754. The molecule has 2 rings (SSSR count). The highest BCUT2D eigenvalue weighted by Crippen LogP contribution is 2.12. The van der Waals surface area contributed by atoms with Gasteiger partial charge in [-0.1, -0.05) is 17.3 Å². The van der Waals surface area contributed by atoms with Gasteiger partial charge in [0.05, 0.1) is 11.1 Å². The largest absolute Gasteiger partial charge is 0.354 e. The van der Waals surface area contributed by atoms with Crippen molar-refractivity contribution in [2.24, 2.45) is 0 Å². The highest BCUT2D eigenvalue weighted by molar-refractivity contribution is 5.73. The number of nitrogens with zero attached hydrogens (tertiary/aromatic N) is 3. The smallest absolute Gasteiger partial charge is 0.142 e. The zero-order valence-electron chi connectivity index (χ0n) is 9.27. The van der Waals surface area contributed by atoms with E-state index >= 15 is 0 Å². The van der Waals surface area contributed by atoms with Gasteiger partial charge in [0.15, 0.2) is 0 Å². The summed E-state index contributed by atoms with van der Waals surface area (Å²) in [5.74, 6) is 0. The summed E-state index contributed by atoms with van der Waals surface area (Å²) in [5, 5.41) is 8.09. The summed E-state index contributed by atoms with van der Waals surface area (Å²) in [6.45, 7) is 6.49. The van der Waals surface area contributed by atoms with Crippen molar-refractivity contribution >= 4 is 11.0 Å². The lowest BCUT2D eigenvalue weighted by atomic mass is 10.2. The maximum atomic E-state index is 5.64. The molecule has 80 valence electrons. The second-order valence-corrected chi connectivity index (χ2v) is 4.46. The second kappa shape index (κ2) is 3.62. The van der Waals surface area contributed by atoms with E-state index in [0.29, 0.717) is 6.73 Å². The fourth-order valence-electron chi connectivity index (χ4n) is 1.27. The third-order valence-corrected chi connectivity index (χ3v) is 2.04. The Kier molecular flexibility index (Phi) is 2.44. The van der Waals surface area contributed by atoms with Crippen LogP contribution < -0.4 is 0 Å². The Labute approximate surface area is 88.8 Å². The molecular weight excluding hydrogens is 190 g/mol. The van der Waals surface area contributed by atoms with Crippen molar-refractivity contribution in [3.8, 4) is 0 Å². The number of aromatic nitrogens is 3. The minimum atomic E-state index is -0.160. The third kappa shape index (κ3) is 2.33. The molecule has 0 saturated carbocycles. The Bertz CT molecular complexity index is 456. The van der Waals surface area contributed by atoms with Gasteiger partial charge in [0.25, 0.3) is 0 Å². The van der Waals surface area contributed by atoms with Crippen molar-refractivity contribution in [1.82, 2.24) is 15.0 Å². The highest BCUT2D eigenvalue weighted by Gasteiger charge is 2.11. The van der Waals surface area contributed by atoms with Crippen LogP contribution in [0.25, 0.3) is 11.0 Å². The predicted molar refractivity (Wildman–Crippen MR) is 58.4 cm³/mol. The minimum Gasteiger partial charge on any atom is -0.354 e. The molecule has 1 aromatic carbocycles. The minimum absolute atomic E-state index is 0.160. The van der Waals surface area contributed by atoms with E-state index in [1.807, 2.05) is 45.0 Å². The number of fused-ring (bicyclic) bond motifs is 1. The van der Waals surface area contributed by atoms with Crippen LogP contribution in [0.2, 0.25) is 0 Å². The van der Waals surface area contributed by atoms with Crippen molar-refractivity contribution in [3.63, 3.8) is 0 Å². The van der Waals surface area contributed by atoms with E-state index in [0.717, 1.165) is 11.0 Å². The Morgan fingerprint density at radius 1 is 1.27 bits per heavy atom. The zero-order chi connectivity index (χ0) is 10.9. The molecule has 0 aliphatic carbocycles. The lowest BCUT2D eigenvalue weighted by Crippen LogP contribution is -2.21. The highest BCUT2D eigenvalue weighted by atomic mass is 16.5. The molecule has 4 nitrogen and oxygen atoms in total. The molecule has 4 heteroatoms. The summed E-state index contributed by atoms with van der Waals surface area (Å²) in [6.07, 6.45) is 0. The lowest BCUT2D eigenvalue weighted by Gasteiger charge is -2.19. The van der Waals surface area contributed by atoms with Crippen molar-refractivity contribution in [1.29, 1.82) is 0 Å². The van der Waals surface area contributed by atoms with E-state index in [4.69, 9.17) is 4.74 Å². The fourth-order valence-corrected chi connectivity index (χ4v) is 1.27. The van der Waals surface area contributed by atoms with E-state index in [2.05, 4.69) is 10.3 Å². The number of para-hydroxylation sites is 1. The molecule has 15 heavy (non-hydrogen) atoms. The molecule has 0 saturated heterocycles. The van der Waals surface area contributed by atoms with Gasteiger partial charge in [0, 0.05) is 0 Å². The summed E-state index contributed by atoms with van der Waals surface area (Å²) < 4.78 is 7.41. The number of hydrogen-bond donors (Lipinski definition) is 0. The van der Waals surface area contributed by atoms with Crippen LogP contribution in [-0.2, 0) is 11.5 Å². The normalized spacial score (nSPS) is 12.2. The molecule has 1 aromatic heterocycles. The van der Waals surface area contributed by atoms with E-state index in [9.17, 15) is 0 Å². The monoisotopic (exact) mass is 205 g/mol. The van der Waals surface area contributed by atoms with Crippen LogP contribution in [-0.4, -0.2) is 20.6 Å². The average molecular weight is 205 g/mol. The third-order valence-electron chi connectivity index (χ3n) is 2.04. The summed E-state index contributed by atoms with van der Waals surface area (Å²) in [6, 6.07) is 7.85. The number of hydrogen-bond acceptors (Lipinski definition) is 3. The summed E-state index contributed by atoms with van der Waals surface area (Å²) in [4.78, 5) is 0. The van der Waals surface area contributed by atoms with Gasteiger partial charge in [-0.2, -0.15) is 0 Å². The number of ether oxygens (including phenoxy) is 1. The van der Waals surface area contributed by atoms with Crippen LogP contribution in [0.15, 0.2) is 24.3 Å². The van der Waals surface area contributed by atoms with E-state index in [1.165, 1.54) is 0 Å². The first kappa shape index (κ1) is 10.1.